The molecule has 8 rings (SSSR count). The number of halogens is 6. The molecule has 4 amide bonds. The normalized spacial score (nSPS) is 13.7. The lowest BCUT2D eigenvalue weighted by atomic mass is 9.71. The minimum atomic E-state index is -6.14. The molecule has 0 saturated carbocycles. The second-order valence-electron chi connectivity index (χ2n) is 14.6. The molecule has 2 heterocycles. The molecule has 0 fully saturated rings. The summed E-state index contributed by atoms with van der Waals surface area (Å²) in [6.45, 7) is 0. The van der Waals surface area contributed by atoms with Crippen molar-refractivity contribution in [3.05, 3.63) is 189 Å². The molecule has 0 radical (unpaired) electrons. The molecule has 16 heteroatoms. The number of nitrogens with zero attached hydrogens (tertiary/aromatic N) is 4. The largest absolute Gasteiger partial charge is 0.411 e. The third-order valence-corrected chi connectivity index (χ3v) is 10.9. The van der Waals surface area contributed by atoms with E-state index in [-0.39, 0.29) is 11.4 Å². The quantitative estimate of drug-likeness (QED) is 0.0583. The maximum Gasteiger partial charge on any atom is 0.411 e. The lowest BCUT2D eigenvalue weighted by Crippen LogP contribution is -2.55. The average molecular weight is 857 g/mol. The molecule has 63 heavy (non-hydrogen) atoms. The summed E-state index contributed by atoms with van der Waals surface area (Å²) in [7, 11) is 0. The fraction of sp³-hybridized carbons (Fsp3) is 0.106. The molecule has 312 valence electrons. The second kappa shape index (κ2) is 15.8. The van der Waals surface area contributed by atoms with Gasteiger partial charge in [-0.05, 0) is 119 Å². The first kappa shape index (κ1) is 41.7. The van der Waals surface area contributed by atoms with Crippen molar-refractivity contribution in [2.45, 2.75) is 30.6 Å². The lowest BCUT2D eigenvalue weighted by Gasteiger charge is -2.38. The number of rotatable bonds is 10. The number of aliphatic imine (C=N–C) groups is 2. The van der Waals surface area contributed by atoms with Crippen molar-refractivity contribution in [1.82, 2.24) is 0 Å². The topological polar surface area (TPSA) is 134 Å². The predicted molar refractivity (Wildman–Crippen MR) is 215 cm³/mol. The van der Waals surface area contributed by atoms with E-state index in [9.17, 15) is 28.8 Å². The lowest BCUT2D eigenvalue weighted by molar-refractivity contribution is -0.288. The Morgan fingerprint density at radius 3 is 1.02 bits per heavy atom. The molecule has 10 nitrogen and oxygen atoms in total. The SMILES string of the molecule is O=C=Nc1ccc(Cc2ccc(N3C(=O)c4ccc(C(c5ccc6c(c5)C(=O)N(c5ccc(Cc7ccc(N=C=O)cc7)cc5)C6=O)(C(F)(F)F)C(F)(F)F)cc4C3=O)cc2)cc1. The molecule has 0 spiro atoms. The van der Waals surface area contributed by atoms with Crippen LogP contribution in [0.3, 0.4) is 0 Å². The highest BCUT2D eigenvalue weighted by molar-refractivity contribution is 6.35. The minimum absolute atomic E-state index is 0.0124. The molecule has 2 aliphatic rings. The Balaban J connectivity index is 1.09. The van der Waals surface area contributed by atoms with Gasteiger partial charge in [-0.1, -0.05) is 60.7 Å². The van der Waals surface area contributed by atoms with E-state index in [4.69, 9.17) is 0 Å². The molecule has 0 aliphatic carbocycles. The van der Waals surface area contributed by atoms with E-state index < -0.39 is 74.8 Å². The standard InChI is InChI=1S/C47H26F6N4O6/c48-46(49,50)45(47(51,52)53,31-9-19-37-39(23-31)43(62)56(41(37)60)35-15-5-29(6-16-35)21-27-1-11-33(12-2-27)54-25-58)32-10-20-38-40(24-32)44(63)57(42(38)61)36-17-7-30(8-18-36)22-28-3-13-34(14-4-28)55-26-59/h1-20,23-24H,21-22H2. The Morgan fingerprint density at radius 1 is 0.413 bits per heavy atom. The van der Waals surface area contributed by atoms with E-state index in [0.717, 1.165) is 34.4 Å². The zero-order valence-corrected chi connectivity index (χ0v) is 32.1. The van der Waals surface area contributed by atoms with Gasteiger partial charge in [0, 0.05) is 0 Å². The van der Waals surface area contributed by atoms with Crippen LogP contribution < -0.4 is 9.80 Å². The van der Waals surface area contributed by atoms with Crippen molar-refractivity contribution in [3.8, 4) is 0 Å². The van der Waals surface area contributed by atoms with Gasteiger partial charge in [0.1, 0.15) is 0 Å². The average Bonchev–Trinajstić information content (AvgIpc) is 3.65. The fourth-order valence-corrected chi connectivity index (χ4v) is 7.88. The molecule has 0 unspecified atom stereocenters. The van der Waals surface area contributed by atoms with Gasteiger partial charge in [0.2, 0.25) is 17.6 Å². The highest BCUT2D eigenvalue weighted by Gasteiger charge is 2.73. The second-order valence-corrected chi connectivity index (χ2v) is 14.6. The number of fused-ring (bicyclic) bond motifs is 2. The zero-order valence-electron chi connectivity index (χ0n) is 32.1. The number of carbonyl (C=O) groups is 4. The molecular weight excluding hydrogens is 831 g/mol. The van der Waals surface area contributed by atoms with Crippen molar-refractivity contribution in [1.29, 1.82) is 0 Å². The molecule has 0 bridgehead atoms. The Kier molecular flexibility index (Phi) is 10.4. The van der Waals surface area contributed by atoms with Gasteiger partial charge < -0.3 is 0 Å². The molecular formula is C47H26F6N4O6. The predicted octanol–water partition coefficient (Wildman–Crippen LogP) is 9.81. The van der Waals surface area contributed by atoms with Gasteiger partial charge in [0.05, 0.1) is 45.0 Å². The van der Waals surface area contributed by atoms with Crippen molar-refractivity contribution in [2.75, 3.05) is 9.80 Å². The van der Waals surface area contributed by atoms with Gasteiger partial charge in [-0.15, -0.1) is 0 Å². The molecule has 0 atom stereocenters. The van der Waals surface area contributed by atoms with Crippen LogP contribution in [0.1, 0.15) is 74.8 Å². The van der Waals surface area contributed by atoms with Gasteiger partial charge in [0.25, 0.3) is 23.6 Å². The van der Waals surface area contributed by atoms with Crippen LogP contribution in [0.5, 0.6) is 0 Å². The molecule has 2 aliphatic heterocycles. The highest BCUT2D eigenvalue weighted by Crippen LogP contribution is 2.57. The van der Waals surface area contributed by atoms with Crippen LogP contribution in [0.2, 0.25) is 0 Å². The summed E-state index contributed by atoms with van der Waals surface area (Å²) >= 11 is 0. The summed E-state index contributed by atoms with van der Waals surface area (Å²) in [6, 6.07) is 28.5. The van der Waals surface area contributed by atoms with Crippen LogP contribution >= 0.6 is 0 Å². The number of isocyanates is 2. The van der Waals surface area contributed by atoms with E-state index in [1.807, 2.05) is 0 Å². The molecule has 0 N–H and O–H groups in total. The van der Waals surface area contributed by atoms with Crippen molar-refractivity contribution in [2.24, 2.45) is 9.98 Å². The van der Waals surface area contributed by atoms with Crippen LogP contribution in [0.25, 0.3) is 0 Å². The number of alkyl halides is 6. The maximum atomic E-state index is 15.4. The molecule has 6 aromatic carbocycles. The van der Waals surface area contributed by atoms with Crippen LogP contribution in [0, 0.1) is 0 Å². The Morgan fingerprint density at radius 2 is 0.714 bits per heavy atom. The summed E-state index contributed by atoms with van der Waals surface area (Å²) in [5.74, 6) is -4.26. The fourth-order valence-electron chi connectivity index (χ4n) is 7.88. The van der Waals surface area contributed by atoms with Gasteiger partial charge in [0.15, 0.2) is 0 Å². The van der Waals surface area contributed by atoms with Crippen molar-refractivity contribution >= 4 is 58.5 Å². The van der Waals surface area contributed by atoms with E-state index in [0.29, 0.717) is 58.3 Å². The highest BCUT2D eigenvalue weighted by atomic mass is 19.4. The first-order chi connectivity index (χ1) is 30.0. The Labute approximate surface area is 352 Å². The number of imide groups is 2. The van der Waals surface area contributed by atoms with E-state index in [2.05, 4.69) is 9.98 Å². The zero-order chi connectivity index (χ0) is 44.8. The minimum Gasteiger partial charge on any atom is -0.268 e. The third kappa shape index (κ3) is 7.22. The molecule has 6 aromatic rings. The van der Waals surface area contributed by atoms with Crippen molar-refractivity contribution < 1.29 is 55.1 Å². The summed E-state index contributed by atoms with van der Waals surface area (Å²) in [4.78, 5) is 83.8. The first-order valence-corrected chi connectivity index (χ1v) is 18.8. The Bertz CT molecular complexity index is 2750. The van der Waals surface area contributed by atoms with Crippen LogP contribution in [-0.4, -0.2) is 48.1 Å². The third-order valence-electron chi connectivity index (χ3n) is 10.9. The summed E-state index contributed by atoms with van der Waals surface area (Å²) < 4.78 is 92.3. The smallest absolute Gasteiger partial charge is 0.268 e. The number of benzene rings is 6. The van der Waals surface area contributed by atoms with Crippen LogP contribution in [0.4, 0.5) is 49.1 Å². The van der Waals surface area contributed by atoms with Gasteiger partial charge >= 0.3 is 12.4 Å². The number of amides is 4. The summed E-state index contributed by atoms with van der Waals surface area (Å²) in [6.07, 6.45) is -8.62. The van der Waals surface area contributed by atoms with Gasteiger partial charge in [-0.25, -0.2) is 19.4 Å². The van der Waals surface area contributed by atoms with Gasteiger partial charge in [-0.3, -0.25) is 19.2 Å². The van der Waals surface area contributed by atoms with E-state index in [1.165, 1.54) is 36.4 Å². The number of anilines is 2. The Hall–Kier alpha value is -8.06. The van der Waals surface area contributed by atoms with E-state index >= 15 is 26.3 Å². The van der Waals surface area contributed by atoms with Crippen LogP contribution in [-0.2, 0) is 27.8 Å². The molecule has 0 aromatic heterocycles. The maximum absolute atomic E-state index is 15.4. The first-order valence-electron chi connectivity index (χ1n) is 18.8. The van der Waals surface area contributed by atoms with Crippen molar-refractivity contribution in [3.63, 3.8) is 0 Å². The van der Waals surface area contributed by atoms with Gasteiger partial charge in [-0.2, -0.15) is 36.3 Å². The number of carbonyl (C=O) groups excluding carboxylic acids is 6. The monoisotopic (exact) mass is 856 g/mol. The van der Waals surface area contributed by atoms with E-state index in [1.54, 1.807) is 72.8 Å². The van der Waals surface area contributed by atoms with Crippen LogP contribution in [0.15, 0.2) is 143 Å². The molecule has 0 saturated heterocycles. The number of hydrogen-bond donors (Lipinski definition) is 0. The summed E-state index contributed by atoms with van der Waals surface area (Å²) in [5, 5.41) is 0. The number of hydrogen-bond acceptors (Lipinski definition) is 8. The summed E-state index contributed by atoms with van der Waals surface area (Å²) in [5.41, 5.74) is -6.07.